The Morgan fingerprint density at radius 3 is 2.48 bits per heavy atom. The highest BCUT2D eigenvalue weighted by molar-refractivity contribution is 7.93. The van der Waals surface area contributed by atoms with Gasteiger partial charge < -0.3 is 10.5 Å². The molecule has 2 N–H and O–H groups in total. The number of methoxy groups -OCH3 is 1. The number of anilines is 1. The molecule has 110 valence electrons. The number of aromatic nitrogens is 3. The second-order valence-electron chi connectivity index (χ2n) is 3.69. The van der Waals surface area contributed by atoms with Crippen LogP contribution < -0.4 is 14.8 Å². The van der Waals surface area contributed by atoms with Gasteiger partial charge in [0.2, 0.25) is 0 Å². The van der Waals surface area contributed by atoms with Crippen molar-refractivity contribution in [1.82, 2.24) is 15.0 Å². The minimum Gasteiger partial charge on any atom is -0.467 e. The molecule has 0 bridgehead atoms. The number of nitrogens with zero attached hydrogens (tertiary/aromatic N) is 4. The molecule has 0 spiro atoms. The number of amides is 2. The van der Waals surface area contributed by atoms with Crippen LogP contribution in [0.1, 0.15) is 0 Å². The molecule has 1 aromatic heterocycles. The first-order valence-corrected chi connectivity index (χ1v) is 7.03. The number of ether oxygens (including phenoxy) is 1. The highest BCUT2D eigenvalue weighted by atomic mass is 32.2. The predicted molar refractivity (Wildman–Crippen MR) is 72.1 cm³/mol. The number of urea groups is 1. The van der Waals surface area contributed by atoms with Crippen molar-refractivity contribution < 1.29 is 17.9 Å². The van der Waals surface area contributed by atoms with Gasteiger partial charge in [-0.15, -0.1) is 4.31 Å². The van der Waals surface area contributed by atoms with Crippen molar-refractivity contribution >= 4 is 22.0 Å². The van der Waals surface area contributed by atoms with Crippen LogP contribution in [-0.2, 0) is 10.0 Å². The standard InChI is InChI=1S/C11H11N5O4S/c1-20-11-14-7-13-10(15-11)16(9(12)17)21(18,19)8-5-3-2-4-6-8/h2-7H,1H3,(H2,12,17). The quantitative estimate of drug-likeness (QED) is 0.851. The van der Waals surface area contributed by atoms with E-state index >= 15 is 0 Å². The molecule has 1 aromatic carbocycles. The number of sulfonamides is 1. The lowest BCUT2D eigenvalue weighted by molar-refractivity contribution is 0.256. The molecular weight excluding hydrogens is 298 g/mol. The third-order valence-electron chi connectivity index (χ3n) is 2.38. The maximum Gasteiger partial charge on any atom is 0.336 e. The summed E-state index contributed by atoms with van der Waals surface area (Å²) in [6.07, 6.45) is 1.01. The second-order valence-corrected chi connectivity index (χ2v) is 5.48. The number of carbonyl (C=O) groups is 1. The summed E-state index contributed by atoms with van der Waals surface area (Å²) in [5.41, 5.74) is 5.15. The van der Waals surface area contributed by atoms with Gasteiger partial charge in [-0.3, -0.25) is 0 Å². The average Bonchev–Trinajstić information content (AvgIpc) is 2.48. The summed E-state index contributed by atoms with van der Waals surface area (Å²) in [4.78, 5) is 22.4. The molecule has 2 aromatic rings. The highest BCUT2D eigenvalue weighted by Crippen LogP contribution is 2.20. The van der Waals surface area contributed by atoms with E-state index in [1.165, 1.54) is 31.4 Å². The van der Waals surface area contributed by atoms with Crippen molar-refractivity contribution in [2.45, 2.75) is 4.90 Å². The fourth-order valence-electron chi connectivity index (χ4n) is 1.49. The van der Waals surface area contributed by atoms with Crippen LogP contribution in [0.15, 0.2) is 41.6 Å². The fourth-order valence-corrected chi connectivity index (χ4v) is 2.74. The third kappa shape index (κ3) is 2.89. The topological polar surface area (TPSA) is 128 Å². The van der Waals surface area contributed by atoms with Gasteiger partial charge in [0.05, 0.1) is 12.0 Å². The Kier molecular flexibility index (Phi) is 3.98. The Balaban J connectivity index is 2.56. The number of primary amides is 1. The SMILES string of the molecule is COc1ncnc(N(C(N)=O)S(=O)(=O)c2ccccc2)n1. The Labute approximate surface area is 120 Å². The lowest BCUT2D eigenvalue weighted by Gasteiger charge is -2.18. The van der Waals surface area contributed by atoms with Gasteiger partial charge in [-0.05, 0) is 12.1 Å². The Morgan fingerprint density at radius 1 is 1.24 bits per heavy atom. The lowest BCUT2D eigenvalue weighted by Crippen LogP contribution is -2.42. The Hall–Kier alpha value is -2.75. The molecule has 10 heteroatoms. The number of benzene rings is 1. The van der Waals surface area contributed by atoms with Crippen LogP contribution in [0.4, 0.5) is 10.7 Å². The van der Waals surface area contributed by atoms with Crippen molar-refractivity contribution in [3.8, 4) is 6.01 Å². The minimum absolute atomic E-state index is 0.122. The molecule has 0 saturated heterocycles. The first kappa shape index (κ1) is 14.7. The second kappa shape index (κ2) is 5.71. The molecule has 2 amide bonds. The molecule has 0 aliphatic rings. The molecule has 0 aliphatic carbocycles. The summed E-state index contributed by atoms with van der Waals surface area (Å²) in [5.74, 6) is -0.446. The van der Waals surface area contributed by atoms with Crippen LogP contribution in [0.3, 0.4) is 0 Å². The van der Waals surface area contributed by atoms with Gasteiger partial charge in [0.25, 0.3) is 16.0 Å². The smallest absolute Gasteiger partial charge is 0.336 e. The van der Waals surface area contributed by atoms with Crippen LogP contribution in [0.25, 0.3) is 0 Å². The van der Waals surface area contributed by atoms with Crippen LogP contribution >= 0.6 is 0 Å². The summed E-state index contributed by atoms with van der Waals surface area (Å²) in [5, 5.41) is 0. The molecule has 0 atom stereocenters. The molecule has 0 saturated carbocycles. The zero-order chi connectivity index (χ0) is 15.5. The number of nitrogens with two attached hydrogens (primary N) is 1. The number of rotatable bonds is 4. The normalized spacial score (nSPS) is 10.9. The van der Waals surface area contributed by atoms with E-state index < -0.39 is 22.0 Å². The number of hydrogen-bond donors (Lipinski definition) is 1. The molecule has 0 aliphatic heterocycles. The van der Waals surface area contributed by atoms with Crippen LogP contribution in [0.2, 0.25) is 0 Å². The maximum atomic E-state index is 12.5. The van der Waals surface area contributed by atoms with Crippen molar-refractivity contribution in [2.24, 2.45) is 5.73 Å². The monoisotopic (exact) mass is 309 g/mol. The molecular formula is C11H11N5O4S. The summed E-state index contributed by atoms with van der Waals surface area (Å²) in [7, 11) is -2.94. The predicted octanol–water partition coefficient (Wildman–Crippen LogP) is 0.154. The van der Waals surface area contributed by atoms with Gasteiger partial charge in [0, 0.05) is 0 Å². The zero-order valence-corrected chi connectivity index (χ0v) is 11.7. The van der Waals surface area contributed by atoms with Crippen molar-refractivity contribution in [3.63, 3.8) is 0 Å². The third-order valence-corrected chi connectivity index (χ3v) is 4.07. The molecule has 0 unspecified atom stereocenters. The van der Waals surface area contributed by atoms with E-state index in [2.05, 4.69) is 15.0 Å². The first-order valence-electron chi connectivity index (χ1n) is 5.59. The maximum absolute atomic E-state index is 12.5. The van der Waals surface area contributed by atoms with Gasteiger partial charge in [0.15, 0.2) is 0 Å². The summed E-state index contributed by atoms with van der Waals surface area (Å²) < 4.78 is 30.0. The molecule has 1 heterocycles. The van der Waals surface area contributed by atoms with Gasteiger partial charge in [-0.25, -0.2) is 13.2 Å². The van der Waals surface area contributed by atoms with Gasteiger partial charge in [-0.1, -0.05) is 18.2 Å². The molecule has 9 nitrogen and oxygen atoms in total. The van der Waals surface area contributed by atoms with Crippen LogP contribution in [-0.4, -0.2) is 36.5 Å². The van der Waals surface area contributed by atoms with Crippen LogP contribution in [0.5, 0.6) is 6.01 Å². The van der Waals surface area contributed by atoms with Gasteiger partial charge in [-0.2, -0.15) is 15.0 Å². The zero-order valence-electron chi connectivity index (χ0n) is 10.9. The Bertz CT molecular complexity index is 750. The van der Waals surface area contributed by atoms with E-state index in [0.29, 0.717) is 0 Å². The Morgan fingerprint density at radius 2 is 1.90 bits per heavy atom. The van der Waals surface area contributed by atoms with E-state index in [0.717, 1.165) is 6.33 Å². The van der Waals surface area contributed by atoms with Crippen molar-refractivity contribution in [1.29, 1.82) is 0 Å². The molecule has 0 radical (unpaired) electrons. The van der Waals surface area contributed by atoms with E-state index in [1.54, 1.807) is 6.07 Å². The van der Waals surface area contributed by atoms with E-state index in [-0.39, 0.29) is 15.2 Å². The van der Waals surface area contributed by atoms with E-state index in [4.69, 9.17) is 10.5 Å². The fraction of sp³-hybridized carbons (Fsp3) is 0.0909. The lowest BCUT2D eigenvalue weighted by atomic mass is 10.4. The van der Waals surface area contributed by atoms with E-state index in [1.807, 2.05) is 0 Å². The largest absolute Gasteiger partial charge is 0.467 e. The molecule has 2 rings (SSSR count). The minimum atomic E-state index is -4.23. The number of carbonyl (C=O) groups excluding carboxylic acids is 1. The molecule has 21 heavy (non-hydrogen) atoms. The highest BCUT2D eigenvalue weighted by Gasteiger charge is 2.32. The summed E-state index contributed by atoms with van der Waals surface area (Å²) in [6, 6.07) is 5.93. The van der Waals surface area contributed by atoms with Crippen LogP contribution in [0, 0.1) is 0 Å². The van der Waals surface area contributed by atoms with E-state index in [9.17, 15) is 13.2 Å². The summed E-state index contributed by atoms with van der Waals surface area (Å²) in [6.45, 7) is 0. The summed E-state index contributed by atoms with van der Waals surface area (Å²) >= 11 is 0. The first-order chi connectivity index (χ1) is 9.96. The average molecular weight is 309 g/mol. The van der Waals surface area contributed by atoms with Crippen molar-refractivity contribution in [2.75, 3.05) is 11.4 Å². The number of hydrogen-bond acceptors (Lipinski definition) is 7. The van der Waals surface area contributed by atoms with Crippen molar-refractivity contribution in [3.05, 3.63) is 36.7 Å². The van der Waals surface area contributed by atoms with Gasteiger partial charge >= 0.3 is 12.0 Å². The molecule has 0 fully saturated rings. The van der Waals surface area contributed by atoms with Gasteiger partial charge in [0.1, 0.15) is 6.33 Å².